The van der Waals surface area contributed by atoms with E-state index in [0.29, 0.717) is 37.8 Å². The molecular formula is C16H19N3O4S. The molecular weight excluding hydrogens is 330 g/mol. The zero-order valence-electron chi connectivity index (χ0n) is 13.4. The number of aryl methyl sites for hydroxylation is 1. The monoisotopic (exact) mass is 349 g/mol. The Bertz CT molecular complexity index is 824. The van der Waals surface area contributed by atoms with Crippen LogP contribution in [0.15, 0.2) is 28.7 Å². The van der Waals surface area contributed by atoms with Crippen molar-refractivity contribution in [1.82, 2.24) is 14.5 Å². The first-order chi connectivity index (χ1) is 11.5. The first-order valence-corrected chi connectivity index (χ1v) is 9.52. The molecule has 1 atom stereocenters. The van der Waals surface area contributed by atoms with Crippen molar-refractivity contribution >= 4 is 10.0 Å². The van der Waals surface area contributed by atoms with Gasteiger partial charge in [-0.15, -0.1) is 10.2 Å². The van der Waals surface area contributed by atoms with Crippen molar-refractivity contribution in [3.05, 3.63) is 47.2 Å². The largest absolute Gasteiger partial charge is 0.423 e. The van der Waals surface area contributed by atoms with E-state index in [4.69, 9.17) is 9.15 Å². The van der Waals surface area contributed by atoms with Crippen LogP contribution in [0.1, 0.15) is 29.0 Å². The number of benzene rings is 1. The van der Waals surface area contributed by atoms with Gasteiger partial charge in [-0.25, -0.2) is 8.42 Å². The van der Waals surface area contributed by atoms with Crippen LogP contribution in [0.5, 0.6) is 0 Å². The van der Waals surface area contributed by atoms with Gasteiger partial charge in [0.2, 0.25) is 21.8 Å². The Morgan fingerprint density at radius 1 is 1.17 bits per heavy atom. The molecule has 0 N–H and O–H groups in total. The summed E-state index contributed by atoms with van der Waals surface area (Å²) in [7, 11) is -3.40. The first-order valence-electron chi connectivity index (χ1n) is 8.01. The number of hydrogen-bond donors (Lipinski definition) is 0. The van der Waals surface area contributed by atoms with Crippen molar-refractivity contribution in [2.45, 2.75) is 31.1 Å². The third-order valence-electron chi connectivity index (χ3n) is 4.64. The van der Waals surface area contributed by atoms with E-state index in [-0.39, 0.29) is 6.54 Å². The average molecular weight is 349 g/mol. The van der Waals surface area contributed by atoms with Gasteiger partial charge in [-0.3, -0.25) is 0 Å². The van der Waals surface area contributed by atoms with Gasteiger partial charge in [0.15, 0.2) is 0 Å². The molecule has 0 saturated carbocycles. The Morgan fingerprint density at radius 2 is 1.88 bits per heavy atom. The van der Waals surface area contributed by atoms with Crippen molar-refractivity contribution in [3.63, 3.8) is 0 Å². The minimum Gasteiger partial charge on any atom is -0.423 e. The summed E-state index contributed by atoms with van der Waals surface area (Å²) in [5.74, 6) is 0.780. The van der Waals surface area contributed by atoms with Crippen molar-refractivity contribution in [2.75, 3.05) is 19.7 Å². The fourth-order valence-corrected chi connectivity index (χ4v) is 5.26. The Morgan fingerprint density at radius 3 is 2.50 bits per heavy atom. The van der Waals surface area contributed by atoms with Gasteiger partial charge in [0.05, 0.1) is 11.9 Å². The van der Waals surface area contributed by atoms with Gasteiger partial charge >= 0.3 is 0 Å². The summed E-state index contributed by atoms with van der Waals surface area (Å²) >= 11 is 0. The Kier molecular flexibility index (Phi) is 3.90. The van der Waals surface area contributed by atoms with E-state index in [1.54, 1.807) is 6.92 Å². The molecule has 1 aliphatic heterocycles. The third-order valence-corrected chi connectivity index (χ3v) is 6.87. The molecule has 1 fully saturated rings. The molecule has 4 rings (SSSR count). The van der Waals surface area contributed by atoms with Crippen LogP contribution < -0.4 is 0 Å². The molecule has 8 heteroatoms. The minimum atomic E-state index is -3.40. The normalized spacial score (nSPS) is 22.6. The zero-order valence-corrected chi connectivity index (χ0v) is 14.2. The predicted octanol–water partition coefficient (Wildman–Crippen LogP) is 1.25. The second-order valence-corrected chi connectivity index (χ2v) is 8.43. The van der Waals surface area contributed by atoms with Gasteiger partial charge < -0.3 is 9.15 Å². The summed E-state index contributed by atoms with van der Waals surface area (Å²) in [6, 6.07) is 7.93. The van der Waals surface area contributed by atoms with E-state index in [0.717, 1.165) is 11.1 Å². The molecule has 2 heterocycles. The van der Waals surface area contributed by atoms with Crippen molar-refractivity contribution < 1.29 is 17.6 Å². The van der Waals surface area contributed by atoms with Crippen LogP contribution in [-0.4, -0.2) is 47.9 Å². The van der Waals surface area contributed by atoms with Gasteiger partial charge in [-0.05, 0) is 24.0 Å². The summed E-state index contributed by atoms with van der Waals surface area (Å²) < 4.78 is 38.6. The van der Waals surface area contributed by atoms with Crippen LogP contribution in [0.25, 0.3) is 0 Å². The van der Waals surface area contributed by atoms with Crippen LogP contribution in [0.2, 0.25) is 0 Å². The summed E-state index contributed by atoms with van der Waals surface area (Å²) in [6.45, 7) is 2.60. The van der Waals surface area contributed by atoms with Crippen molar-refractivity contribution in [1.29, 1.82) is 0 Å². The standard InChI is InChI=1S/C16H19N3O4S/c1-11-17-18-16(23-11)15-10-19(6-7-22-15)24(20,21)14-8-12-4-2-3-5-13(12)9-14/h2-5,14-15H,6-10H2,1H3/t15-/m1/s1. The lowest BCUT2D eigenvalue weighted by molar-refractivity contribution is -0.0179. The zero-order chi connectivity index (χ0) is 16.7. The van der Waals surface area contributed by atoms with Crippen LogP contribution >= 0.6 is 0 Å². The highest BCUT2D eigenvalue weighted by molar-refractivity contribution is 7.89. The van der Waals surface area contributed by atoms with Crippen LogP contribution in [-0.2, 0) is 27.6 Å². The average Bonchev–Trinajstić information content (AvgIpc) is 3.21. The lowest BCUT2D eigenvalue weighted by atomic mass is 10.1. The lowest BCUT2D eigenvalue weighted by Crippen LogP contribution is -2.46. The molecule has 0 unspecified atom stereocenters. The van der Waals surface area contributed by atoms with E-state index in [9.17, 15) is 8.42 Å². The highest BCUT2D eigenvalue weighted by Crippen LogP contribution is 2.30. The highest BCUT2D eigenvalue weighted by Gasteiger charge is 2.40. The maximum Gasteiger partial charge on any atom is 0.246 e. The summed E-state index contributed by atoms with van der Waals surface area (Å²) in [5, 5.41) is 7.34. The van der Waals surface area contributed by atoms with Gasteiger partial charge in [-0.2, -0.15) is 4.31 Å². The SMILES string of the molecule is Cc1nnc([C@H]2CN(S(=O)(=O)C3Cc4ccccc4C3)CCO2)o1. The molecule has 0 bridgehead atoms. The van der Waals surface area contributed by atoms with E-state index < -0.39 is 21.4 Å². The predicted molar refractivity (Wildman–Crippen MR) is 85.9 cm³/mol. The maximum absolute atomic E-state index is 13.0. The molecule has 1 aromatic heterocycles. The van der Waals surface area contributed by atoms with Crippen LogP contribution in [0.3, 0.4) is 0 Å². The van der Waals surface area contributed by atoms with E-state index in [2.05, 4.69) is 10.2 Å². The number of sulfonamides is 1. The number of hydrogen-bond acceptors (Lipinski definition) is 6. The van der Waals surface area contributed by atoms with Crippen LogP contribution in [0, 0.1) is 6.92 Å². The quantitative estimate of drug-likeness (QED) is 0.829. The highest BCUT2D eigenvalue weighted by atomic mass is 32.2. The smallest absolute Gasteiger partial charge is 0.246 e. The molecule has 0 amide bonds. The van der Waals surface area contributed by atoms with Crippen LogP contribution in [0.4, 0.5) is 0 Å². The Labute approximate surface area is 140 Å². The number of nitrogens with zero attached hydrogens (tertiary/aromatic N) is 3. The summed E-state index contributed by atoms with van der Waals surface area (Å²) in [4.78, 5) is 0. The van der Waals surface area contributed by atoms with Gasteiger partial charge in [0.25, 0.3) is 0 Å². The maximum atomic E-state index is 13.0. The number of rotatable bonds is 3. The molecule has 128 valence electrons. The number of morpholine rings is 1. The minimum absolute atomic E-state index is 0.219. The van der Waals surface area contributed by atoms with E-state index in [1.807, 2.05) is 24.3 Å². The van der Waals surface area contributed by atoms with Gasteiger partial charge in [0.1, 0.15) is 6.10 Å². The van der Waals surface area contributed by atoms with E-state index in [1.165, 1.54) is 4.31 Å². The molecule has 1 saturated heterocycles. The summed E-state index contributed by atoms with van der Waals surface area (Å²) in [6.07, 6.45) is 0.638. The first kappa shape index (κ1) is 15.7. The molecule has 7 nitrogen and oxygen atoms in total. The lowest BCUT2D eigenvalue weighted by Gasteiger charge is -2.32. The fourth-order valence-electron chi connectivity index (χ4n) is 3.39. The van der Waals surface area contributed by atoms with E-state index >= 15 is 0 Å². The number of ether oxygens (including phenoxy) is 1. The van der Waals surface area contributed by atoms with Crippen molar-refractivity contribution in [3.8, 4) is 0 Å². The van der Waals surface area contributed by atoms with Crippen molar-refractivity contribution in [2.24, 2.45) is 0 Å². The van der Waals surface area contributed by atoms with Gasteiger partial charge in [-0.1, -0.05) is 24.3 Å². The second kappa shape index (κ2) is 5.94. The fraction of sp³-hybridized carbons (Fsp3) is 0.500. The number of aromatic nitrogens is 2. The second-order valence-electron chi connectivity index (χ2n) is 6.22. The van der Waals surface area contributed by atoms with Gasteiger partial charge in [0, 0.05) is 20.0 Å². The molecule has 2 aliphatic rings. The molecule has 2 aromatic rings. The number of fused-ring (bicyclic) bond motifs is 1. The molecule has 1 aromatic carbocycles. The molecule has 0 radical (unpaired) electrons. The molecule has 24 heavy (non-hydrogen) atoms. The molecule has 0 spiro atoms. The Hall–Kier alpha value is -1.77. The topological polar surface area (TPSA) is 85.5 Å². The Balaban J connectivity index is 1.52. The molecule has 1 aliphatic carbocycles. The summed E-state index contributed by atoms with van der Waals surface area (Å²) in [5.41, 5.74) is 2.26. The third kappa shape index (κ3) is 2.74.